The van der Waals surface area contributed by atoms with Crippen LogP contribution in [0.2, 0.25) is 0 Å². The van der Waals surface area contributed by atoms with Crippen molar-refractivity contribution in [2.45, 2.75) is 6.42 Å². The molecule has 6 heteroatoms. The Balaban J connectivity index is 0.00000210. The van der Waals surface area contributed by atoms with Gasteiger partial charge in [-0.15, -0.1) is 12.4 Å². The van der Waals surface area contributed by atoms with Crippen LogP contribution in [-0.4, -0.2) is 44.1 Å². The molecule has 0 radical (unpaired) electrons. The van der Waals surface area contributed by atoms with Crippen molar-refractivity contribution in [1.82, 2.24) is 10.2 Å². The molecule has 2 heterocycles. The van der Waals surface area contributed by atoms with Crippen LogP contribution < -0.4 is 10.1 Å². The van der Waals surface area contributed by atoms with Gasteiger partial charge >= 0.3 is 0 Å². The highest BCUT2D eigenvalue weighted by Crippen LogP contribution is 2.37. The second-order valence-electron chi connectivity index (χ2n) is 6.43. The highest BCUT2D eigenvalue weighted by atomic mass is 35.5. The van der Waals surface area contributed by atoms with Crippen LogP contribution in [0.15, 0.2) is 52.9 Å². The third kappa shape index (κ3) is 3.80. The van der Waals surface area contributed by atoms with Gasteiger partial charge in [-0.2, -0.15) is 0 Å². The fourth-order valence-electron chi connectivity index (χ4n) is 3.44. The second-order valence-corrected chi connectivity index (χ2v) is 6.43. The molecule has 1 saturated heterocycles. The fraction of sp³-hybridized carbons (Fsp3) is 0.286. The van der Waals surface area contributed by atoms with E-state index >= 15 is 0 Å². The number of nitrogens with zero attached hydrogens (tertiary/aromatic N) is 1. The summed E-state index contributed by atoms with van der Waals surface area (Å²) in [5.74, 6) is 1.06. The molecule has 1 aromatic heterocycles. The quantitative estimate of drug-likeness (QED) is 0.740. The van der Waals surface area contributed by atoms with Crippen molar-refractivity contribution in [3.05, 3.63) is 54.3 Å². The predicted octanol–water partition coefficient (Wildman–Crippen LogP) is 3.97. The van der Waals surface area contributed by atoms with Gasteiger partial charge < -0.3 is 19.4 Å². The van der Waals surface area contributed by atoms with Crippen LogP contribution in [0.25, 0.3) is 22.1 Å². The van der Waals surface area contributed by atoms with E-state index in [0.717, 1.165) is 42.6 Å². The Morgan fingerprint density at radius 3 is 2.70 bits per heavy atom. The van der Waals surface area contributed by atoms with Gasteiger partial charge in [0, 0.05) is 36.7 Å². The van der Waals surface area contributed by atoms with Gasteiger partial charge in [-0.25, -0.2) is 0 Å². The monoisotopic (exact) mass is 386 g/mol. The Hall–Kier alpha value is -2.50. The van der Waals surface area contributed by atoms with E-state index in [1.54, 1.807) is 7.11 Å². The maximum atomic E-state index is 13.2. The lowest BCUT2D eigenvalue weighted by Crippen LogP contribution is -2.34. The number of hydrogen-bond acceptors (Lipinski definition) is 4. The number of hydrogen-bond donors (Lipinski definition) is 1. The summed E-state index contributed by atoms with van der Waals surface area (Å²) in [7, 11) is 1.62. The summed E-state index contributed by atoms with van der Waals surface area (Å²) in [5.41, 5.74) is 2.50. The molecule has 1 amide bonds. The molecule has 0 atom stereocenters. The number of halogens is 1. The first-order valence-electron chi connectivity index (χ1n) is 8.94. The maximum absolute atomic E-state index is 13.2. The molecule has 142 valence electrons. The smallest absolute Gasteiger partial charge is 0.290 e. The number of nitrogens with one attached hydrogen (secondary N) is 1. The molecule has 1 fully saturated rings. The Morgan fingerprint density at radius 2 is 1.93 bits per heavy atom. The summed E-state index contributed by atoms with van der Waals surface area (Å²) in [6.07, 6.45) is 0.945. The number of benzene rings is 2. The van der Waals surface area contributed by atoms with Crippen molar-refractivity contribution in [2.75, 3.05) is 33.3 Å². The summed E-state index contributed by atoms with van der Waals surface area (Å²) in [6, 6.07) is 15.6. The van der Waals surface area contributed by atoms with Gasteiger partial charge in [0.2, 0.25) is 5.76 Å². The average molecular weight is 387 g/mol. The summed E-state index contributed by atoms with van der Waals surface area (Å²) in [6.45, 7) is 3.17. The first kappa shape index (κ1) is 19.3. The van der Waals surface area contributed by atoms with Gasteiger partial charge in [0.25, 0.3) is 5.91 Å². The van der Waals surface area contributed by atoms with Crippen molar-refractivity contribution in [2.24, 2.45) is 0 Å². The zero-order valence-corrected chi connectivity index (χ0v) is 16.1. The molecule has 27 heavy (non-hydrogen) atoms. The molecule has 3 aromatic rings. The Labute approximate surface area is 164 Å². The summed E-state index contributed by atoms with van der Waals surface area (Å²) in [5, 5.41) is 4.25. The number of amides is 1. The largest absolute Gasteiger partial charge is 0.497 e. The highest BCUT2D eigenvalue weighted by Gasteiger charge is 2.26. The first-order valence-corrected chi connectivity index (χ1v) is 8.94. The molecular weight excluding hydrogens is 364 g/mol. The molecule has 1 aliphatic heterocycles. The van der Waals surface area contributed by atoms with Gasteiger partial charge in [0.15, 0.2) is 0 Å². The minimum absolute atomic E-state index is 0. The number of furan rings is 1. The normalized spacial score (nSPS) is 14.5. The molecule has 1 aliphatic rings. The van der Waals surface area contributed by atoms with Crippen molar-refractivity contribution < 1.29 is 13.9 Å². The molecule has 5 nitrogen and oxygen atoms in total. The van der Waals surface area contributed by atoms with E-state index in [2.05, 4.69) is 5.32 Å². The van der Waals surface area contributed by atoms with Crippen LogP contribution in [0, 0.1) is 0 Å². The lowest BCUT2D eigenvalue weighted by atomic mass is 10.0. The van der Waals surface area contributed by atoms with Gasteiger partial charge in [-0.1, -0.05) is 30.3 Å². The van der Waals surface area contributed by atoms with Crippen LogP contribution >= 0.6 is 12.4 Å². The number of fused-ring (bicyclic) bond motifs is 1. The van der Waals surface area contributed by atoms with Crippen molar-refractivity contribution in [3.63, 3.8) is 0 Å². The fourth-order valence-corrected chi connectivity index (χ4v) is 3.44. The molecule has 1 N–H and O–H groups in total. The van der Waals surface area contributed by atoms with Gasteiger partial charge in [-0.3, -0.25) is 4.79 Å². The number of methoxy groups -OCH3 is 1. The topological polar surface area (TPSA) is 54.7 Å². The van der Waals surface area contributed by atoms with E-state index in [1.807, 2.05) is 53.4 Å². The zero-order valence-electron chi connectivity index (χ0n) is 15.2. The molecule has 0 aliphatic carbocycles. The standard InChI is InChI=1S/C21H22N2O3.ClH/c1-25-16-8-9-17-18(14-16)26-20(19(17)15-6-3-2-4-7-15)21(24)23-12-5-10-22-11-13-23;/h2-4,6-9,14,22H,5,10-13H2,1H3;1H. The summed E-state index contributed by atoms with van der Waals surface area (Å²) in [4.78, 5) is 15.1. The van der Waals surface area contributed by atoms with E-state index in [1.165, 1.54) is 0 Å². The molecule has 0 unspecified atom stereocenters. The third-order valence-electron chi connectivity index (χ3n) is 4.78. The molecule has 0 spiro atoms. The lowest BCUT2D eigenvalue weighted by molar-refractivity contribution is 0.0738. The van der Waals surface area contributed by atoms with E-state index in [9.17, 15) is 4.79 Å². The Bertz CT molecular complexity index is 916. The minimum Gasteiger partial charge on any atom is -0.497 e. The molecule has 0 saturated carbocycles. The SMILES string of the molecule is COc1ccc2c(-c3ccccc3)c(C(=O)N3CCCNCC3)oc2c1.Cl. The van der Waals surface area contributed by atoms with Gasteiger partial charge in [-0.05, 0) is 30.7 Å². The molecule has 0 bridgehead atoms. The maximum Gasteiger partial charge on any atom is 0.290 e. The van der Waals surface area contributed by atoms with Crippen LogP contribution in [0.1, 0.15) is 17.0 Å². The Kier molecular flexibility index (Phi) is 6.04. The minimum atomic E-state index is -0.0530. The molecule has 4 rings (SSSR count). The van der Waals surface area contributed by atoms with Gasteiger partial charge in [0.1, 0.15) is 11.3 Å². The van der Waals surface area contributed by atoms with E-state index in [0.29, 0.717) is 23.6 Å². The summed E-state index contributed by atoms with van der Waals surface area (Å²) >= 11 is 0. The number of carbonyl (C=O) groups is 1. The lowest BCUT2D eigenvalue weighted by Gasteiger charge is -2.19. The van der Waals surface area contributed by atoms with Crippen molar-refractivity contribution in [1.29, 1.82) is 0 Å². The predicted molar refractivity (Wildman–Crippen MR) is 109 cm³/mol. The van der Waals surface area contributed by atoms with E-state index < -0.39 is 0 Å². The molecule has 2 aromatic carbocycles. The third-order valence-corrected chi connectivity index (χ3v) is 4.78. The summed E-state index contributed by atoms with van der Waals surface area (Å²) < 4.78 is 11.4. The van der Waals surface area contributed by atoms with Crippen LogP contribution in [0.5, 0.6) is 5.75 Å². The van der Waals surface area contributed by atoms with Gasteiger partial charge in [0.05, 0.1) is 7.11 Å². The highest BCUT2D eigenvalue weighted by molar-refractivity contribution is 6.08. The van der Waals surface area contributed by atoms with E-state index in [-0.39, 0.29) is 18.3 Å². The number of carbonyl (C=O) groups excluding carboxylic acids is 1. The van der Waals surface area contributed by atoms with Crippen LogP contribution in [-0.2, 0) is 0 Å². The zero-order chi connectivity index (χ0) is 17.9. The second kappa shape index (κ2) is 8.46. The number of ether oxygens (including phenoxy) is 1. The van der Waals surface area contributed by atoms with Crippen molar-refractivity contribution >= 4 is 29.3 Å². The van der Waals surface area contributed by atoms with Crippen LogP contribution in [0.4, 0.5) is 0 Å². The van der Waals surface area contributed by atoms with Crippen LogP contribution in [0.3, 0.4) is 0 Å². The first-order chi connectivity index (χ1) is 12.8. The van der Waals surface area contributed by atoms with Crippen molar-refractivity contribution in [3.8, 4) is 16.9 Å². The average Bonchev–Trinajstić information content (AvgIpc) is 2.86. The molecular formula is C21H23ClN2O3. The van der Waals surface area contributed by atoms with E-state index in [4.69, 9.17) is 9.15 Å². The Morgan fingerprint density at radius 1 is 1.11 bits per heavy atom. The number of rotatable bonds is 3.